The van der Waals surface area contributed by atoms with Crippen LogP contribution in [-0.4, -0.2) is 22.5 Å². The Labute approximate surface area is 85.6 Å². The Morgan fingerprint density at radius 2 is 2.07 bits per heavy atom. The average molecular weight is 204 g/mol. The molecule has 0 saturated carbocycles. The van der Waals surface area contributed by atoms with E-state index in [1.54, 1.807) is 24.3 Å². The molecule has 0 saturated heterocycles. The van der Waals surface area contributed by atoms with Crippen LogP contribution in [0.1, 0.15) is 17.3 Å². The van der Waals surface area contributed by atoms with Crippen LogP contribution >= 0.6 is 0 Å². The molecule has 1 aromatic rings. The van der Waals surface area contributed by atoms with E-state index in [0.717, 1.165) is 0 Å². The molecule has 0 amide bonds. The van der Waals surface area contributed by atoms with E-state index in [0.29, 0.717) is 11.3 Å². The summed E-state index contributed by atoms with van der Waals surface area (Å²) in [4.78, 5) is 25.9. The van der Waals surface area contributed by atoms with Gasteiger partial charge in [0.15, 0.2) is 0 Å². The van der Waals surface area contributed by atoms with Crippen molar-refractivity contribution in [3.05, 3.63) is 39.9 Å². The number of hydrogen-bond acceptors (Lipinski definition) is 4. The zero-order chi connectivity index (χ0) is 11.0. The molecule has 1 heterocycles. The molecular formula is C10H8N2O3. The van der Waals surface area contributed by atoms with Crippen molar-refractivity contribution in [3.63, 3.8) is 0 Å². The zero-order valence-electron chi connectivity index (χ0n) is 8.01. The third-order valence-corrected chi connectivity index (χ3v) is 2.32. The SMILES string of the molecule is CC1=Nc2ccccc2C(=O)C1[N+](=O)[O-]. The number of Topliss-reactive ketones (excluding diaryl/α,β-unsaturated/α-hetero) is 1. The first-order chi connectivity index (χ1) is 7.11. The highest BCUT2D eigenvalue weighted by Crippen LogP contribution is 2.26. The van der Waals surface area contributed by atoms with E-state index in [2.05, 4.69) is 4.99 Å². The smallest absolute Gasteiger partial charge is 0.286 e. The van der Waals surface area contributed by atoms with Gasteiger partial charge >= 0.3 is 6.04 Å². The van der Waals surface area contributed by atoms with Gasteiger partial charge in [0.2, 0.25) is 5.78 Å². The molecule has 0 aliphatic carbocycles. The number of para-hydroxylation sites is 1. The molecule has 0 spiro atoms. The van der Waals surface area contributed by atoms with Gasteiger partial charge in [-0.25, -0.2) is 4.99 Å². The largest absolute Gasteiger partial charge is 0.312 e. The fourth-order valence-electron chi connectivity index (χ4n) is 1.62. The molecule has 1 aromatic carbocycles. The third-order valence-electron chi connectivity index (χ3n) is 2.32. The Kier molecular flexibility index (Phi) is 2.07. The molecule has 1 aliphatic heterocycles. The molecule has 0 fully saturated rings. The van der Waals surface area contributed by atoms with Crippen LogP contribution in [-0.2, 0) is 0 Å². The zero-order valence-corrected chi connectivity index (χ0v) is 8.01. The van der Waals surface area contributed by atoms with E-state index in [-0.39, 0.29) is 5.71 Å². The minimum Gasteiger partial charge on any atom is -0.286 e. The van der Waals surface area contributed by atoms with Crippen molar-refractivity contribution in [2.45, 2.75) is 13.0 Å². The summed E-state index contributed by atoms with van der Waals surface area (Å²) in [6, 6.07) is 5.33. The monoisotopic (exact) mass is 204 g/mol. The van der Waals surface area contributed by atoms with Crippen molar-refractivity contribution in [2.75, 3.05) is 0 Å². The third kappa shape index (κ3) is 1.41. The van der Waals surface area contributed by atoms with Gasteiger partial charge in [-0.3, -0.25) is 14.9 Å². The van der Waals surface area contributed by atoms with Crippen LogP contribution in [0.2, 0.25) is 0 Å². The Hall–Kier alpha value is -2.04. The normalized spacial score (nSPS) is 19.4. The van der Waals surface area contributed by atoms with Gasteiger partial charge in [-0.15, -0.1) is 0 Å². The lowest BCUT2D eigenvalue weighted by Crippen LogP contribution is -2.38. The fourth-order valence-corrected chi connectivity index (χ4v) is 1.62. The Balaban J connectivity index is 2.59. The average Bonchev–Trinajstić information content (AvgIpc) is 2.17. The van der Waals surface area contributed by atoms with E-state index in [9.17, 15) is 14.9 Å². The number of ketones is 1. The van der Waals surface area contributed by atoms with Gasteiger partial charge in [0.05, 0.1) is 17.0 Å². The van der Waals surface area contributed by atoms with Gasteiger partial charge in [0.25, 0.3) is 0 Å². The molecule has 1 aliphatic rings. The molecule has 0 aromatic heterocycles. The Morgan fingerprint density at radius 1 is 1.40 bits per heavy atom. The molecule has 1 atom stereocenters. The number of nitro groups is 1. The Morgan fingerprint density at radius 3 is 2.73 bits per heavy atom. The van der Waals surface area contributed by atoms with Crippen molar-refractivity contribution < 1.29 is 9.72 Å². The first-order valence-electron chi connectivity index (χ1n) is 4.43. The molecule has 1 unspecified atom stereocenters. The van der Waals surface area contributed by atoms with Crippen LogP contribution in [0.25, 0.3) is 0 Å². The molecular weight excluding hydrogens is 196 g/mol. The summed E-state index contributed by atoms with van der Waals surface area (Å²) in [5.74, 6) is -0.483. The number of nitrogens with zero attached hydrogens (tertiary/aromatic N) is 2. The summed E-state index contributed by atoms with van der Waals surface area (Å²) < 4.78 is 0. The summed E-state index contributed by atoms with van der Waals surface area (Å²) in [6.45, 7) is 1.50. The van der Waals surface area contributed by atoms with E-state index in [1.165, 1.54) is 6.92 Å². The van der Waals surface area contributed by atoms with Crippen molar-refractivity contribution in [3.8, 4) is 0 Å². The number of hydrogen-bond donors (Lipinski definition) is 0. The minimum absolute atomic E-state index is 0.240. The van der Waals surface area contributed by atoms with Crippen molar-refractivity contribution >= 4 is 17.2 Å². The lowest BCUT2D eigenvalue weighted by atomic mass is 9.96. The molecule has 2 rings (SSSR count). The van der Waals surface area contributed by atoms with Crippen molar-refractivity contribution in [1.82, 2.24) is 0 Å². The van der Waals surface area contributed by atoms with Crippen LogP contribution in [0.4, 0.5) is 5.69 Å². The van der Waals surface area contributed by atoms with Gasteiger partial charge in [0.1, 0.15) is 0 Å². The maximum atomic E-state index is 11.7. The summed E-state index contributed by atoms with van der Waals surface area (Å²) in [5, 5.41) is 10.7. The summed E-state index contributed by atoms with van der Waals surface area (Å²) in [6.07, 6.45) is 0. The highest BCUT2D eigenvalue weighted by Gasteiger charge is 2.37. The first kappa shape index (κ1) is 9.51. The molecule has 5 heteroatoms. The van der Waals surface area contributed by atoms with Gasteiger partial charge in [-0.05, 0) is 19.1 Å². The van der Waals surface area contributed by atoms with Crippen LogP contribution in [0, 0.1) is 10.1 Å². The highest BCUT2D eigenvalue weighted by molar-refractivity contribution is 6.19. The lowest BCUT2D eigenvalue weighted by molar-refractivity contribution is -0.486. The second kappa shape index (κ2) is 3.27. The quantitative estimate of drug-likeness (QED) is 0.515. The fraction of sp³-hybridized carbons (Fsp3) is 0.200. The lowest BCUT2D eigenvalue weighted by Gasteiger charge is -2.15. The standard InChI is InChI=1S/C10H8N2O3/c1-6-9(12(14)15)10(13)7-4-2-3-5-8(7)11-6/h2-5,9H,1H3. The van der Waals surface area contributed by atoms with Crippen molar-refractivity contribution in [1.29, 1.82) is 0 Å². The van der Waals surface area contributed by atoms with E-state index < -0.39 is 16.7 Å². The van der Waals surface area contributed by atoms with E-state index >= 15 is 0 Å². The number of fused-ring (bicyclic) bond motifs is 1. The first-order valence-corrected chi connectivity index (χ1v) is 4.43. The number of aliphatic imine (C=N–C) groups is 1. The Bertz CT molecular complexity index is 479. The van der Waals surface area contributed by atoms with Crippen LogP contribution in [0.15, 0.2) is 29.3 Å². The second-order valence-corrected chi connectivity index (χ2v) is 3.32. The second-order valence-electron chi connectivity index (χ2n) is 3.32. The predicted octanol–water partition coefficient (Wildman–Crippen LogP) is 1.62. The number of rotatable bonds is 1. The van der Waals surface area contributed by atoms with Gasteiger partial charge in [-0.1, -0.05) is 12.1 Å². The van der Waals surface area contributed by atoms with Crippen LogP contribution in [0.3, 0.4) is 0 Å². The predicted molar refractivity (Wildman–Crippen MR) is 54.3 cm³/mol. The molecule has 76 valence electrons. The van der Waals surface area contributed by atoms with E-state index in [1.807, 2.05) is 0 Å². The molecule has 15 heavy (non-hydrogen) atoms. The van der Waals surface area contributed by atoms with Gasteiger partial charge < -0.3 is 0 Å². The summed E-state index contributed by atoms with van der Waals surface area (Å²) in [5.41, 5.74) is 1.08. The van der Waals surface area contributed by atoms with E-state index in [4.69, 9.17) is 0 Å². The van der Waals surface area contributed by atoms with Gasteiger partial charge in [-0.2, -0.15) is 0 Å². The van der Waals surface area contributed by atoms with Gasteiger partial charge in [0, 0.05) is 4.92 Å². The molecule has 5 nitrogen and oxygen atoms in total. The molecule has 0 radical (unpaired) electrons. The molecule has 0 bridgehead atoms. The summed E-state index contributed by atoms with van der Waals surface area (Å²) in [7, 11) is 0. The number of carbonyl (C=O) groups is 1. The highest BCUT2D eigenvalue weighted by atomic mass is 16.6. The maximum Gasteiger partial charge on any atom is 0.312 e. The maximum absolute atomic E-state index is 11.7. The van der Waals surface area contributed by atoms with Crippen LogP contribution in [0.5, 0.6) is 0 Å². The number of benzene rings is 1. The molecule has 0 N–H and O–H groups in total. The van der Waals surface area contributed by atoms with Crippen molar-refractivity contribution in [2.24, 2.45) is 4.99 Å². The number of carbonyl (C=O) groups excluding carboxylic acids is 1. The van der Waals surface area contributed by atoms with Crippen LogP contribution < -0.4 is 0 Å². The minimum atomic E-state index is -1.32. The summed E-state index contributed by atoms with van der Waals surface area (Å²) >= 11 is 0. The topological polar surface area (TPSA) is 72.6 Å².